The fourth-order valence-corrected chi connectivity index (χ4v) is 2.47. The Morgan fingerprint density at radius 1 is 1.05 bits per heavy atom. The number of rotatable bonds is 6. The topological polar surface area (TPSA) is 29.3 Å². The van der Waals surface area contributed by atoms with Crippen LogP contribution >= 0.6 is 15.9 Å². The molecule has 2 N–H and O–H groups in total. The molecule has 0 saturated carbocycles. The lowest BCUT2D eigenvalue weighted by Crippen LogP contribution is -2.23. The van der Waals surface area contributed by atoms with E-state index in [1.807, 2.05) is 18.2 Å². The van der Waals surface area contributed by atoms with Crippen molar-refractivity contribution < 1.29 is 0 Å². The Balaban J connectivity index is 1.80. The average molecular weight is 333 g/mol. The Hall–Kier alpha value is -1.16. The number of nitrogens with two attached hydrogens (primary N) is 1. The molecule has 2 rings (SSSR count). The van der Waals surface area contributed by atoms with Gasteiger partial charge in [-0.05, 0) is 43.3 Å². The predicted molar refractivity (Wildman–Crippen MR) is 88.5 cm³/mol. The Morgan fingerprint density at radius 3 is 2.35 bits per heavy atom. The highest BCUT2D eigenvalue weighted by molar-refractivity contribution is 9.10. The normalized spacial score (nSPS) is 12.6. The largest absolute Gasteiger partial charge is 0.324 e. The second-order valence-electron chi connectivity index (χ2n) is 5.17. The first kappa shape index (κ1) is 15.2. The van der Waals surface area contributed by atoms with Gasteiger partial charge in [0.2, 0.25) is 0 Å². The van der Waals surface area contributed by atoms with Crippen LogP contribution in [-0.2, 0) is 6.54 Å². The molecular formula is C17H21BrN2. The number of halogens is 1. The molecule has 0 fully saturated rings. The van der Waals surface area contributed by atoms with Crippen molar-refractivity contribution in [2.45, 2.75) is 19.0 Å². The van der Waals surface area contributed by atoms with Crippen LogP contribution in [0.25, 0.3) is 0 Å². The van der Waals surface area contributed by atoms with Crippen LogP contribution in [0.1, 0.15) is 23.6 Å². The van der Waals surface area contributed by atoms with Gasteiger partial charge in [-0.3, -0.25) is 0 Å². The Kier molecular flexibility index (Phi) is 5.77. The molecule has 3 heteroatoms. The third kappa shape index (κ3) is 4.75. The lowest BCUT2D eigenvalue weighted by atomic mass is 10.0. The van der Waals surface area contributed by atoms with Gasteiger partial charge in [0.25, 0.3) is 0 Å². The van der Waals surface area contributed by atoms with E-state index in [1.54, 1.807) is 0 Å². The van der Waals surface area contributed by atoms with E-state index in [2.05, 4.69) is 64.3 Å². The van der Waals surface area contributed by atoms with Crippen LogP contribution in [0, 0.1) is 0 Å². The van der Waals surface area contributed by atoms with Crippen molar-refractivity contribution in [1.29, 1.82) is 0 Å². The molecule has 106 valence electrons. The summed E-state index contributed by atoms with van der Waals surface area (Å²) in [5.74, 6) is 0. The third-order valence-electron chi connectivity index (χ3n) is 3.42. The summed E-state index contributed by atoms with van der Waals surface area (Å²) in [5, 5.41) is 0. The molecule has 20 heavy (non-hydrogen) atoms. The van der Waals surface area contributed by atoms with Gasteiger partial charge in [-0.1, -0.05) is 58.4 Å². The van der Waals surface area contributed by atoms with Crippen molar-refractivity contribution in [3.63, 3.8) is 0 Å². The smallest absolute Gasteiger partial charge is 0.0307 e. The van der Waals surface area contributed by atoms with Crippen LogP contribution in [0.15, 0.2) is 59.1 Å². The van der Waals surface area contributed by atoms with E-state index in [0.29, 0.717) is 0 Å². The summed E-state index contributed by atoms with van der Waals surface area (Å²) in [4.78, 5) is 2.31. The van der Waals surface area contributed by atoms with Crippen molar-refractivity contribution >= 4 is 15.9 Å². The molecule has 0 amide bonds. The van der Waals surface area contributed by atoms with Gasteiger partial charge in [0, 0.05) is 17.1 Å². The van der Waals surface area contributed by atoms with Crippen LogP contribution in [-0.4, -0.2) is 18.5 Å². The van der Waals surface area contributed by atoms with E-state index in [0.717, 1.165) is 24.0 Å². The molecule has 0 aliphatic rings. The highest BCUT2D eigenvalue weighted by Crippen LogP contribution is 2.15. The van der Waals surface area contributed by atoms with Crippen LogP contribution in [0.2, 0.25) is 0 Å². The molecule has 0 saturated heterocycles. The van der Waals surface area contributed by atoms with Gasteiger partial charge in [0.1, 0.15) is 0 Å². The van der Waals surface area contributed by atoms with E-state index < -0.39 is 0 Å². The van der Waals surface area contributed by atoms with Gasteiger partial charge in [-0.15, -0.1) is 0 Å². The van der Waals surface area contributed by atoms with E-state index >= 15 is 0 Å². The van der Waals surface area contributed by atoms with Crippen molar-refractivity contribution in [1.82, 2.24) is 4.90 Å². The Morgan fingerprint density at radius 2 is 1.70 bits per heavy atom. The molecule has 2 aromatic carbocycles. The molecule has 2 aromatic rings. The number of hydrogen-bond acceptors (Lipinski definition) is 2. The zero-order chi connectivity index (χ0) is 14.4. The summed E-state index contributed by atoms with van der Waals surface area (Å²) in [6, 6.07) is 18.9. The summed E-state index contributed by atoms with van der Waals surface area (Å²) in [5.41, 5.74) is 8.76. The van der Waals surface area contributed by atoms with Gasteiger partial charge < -0.3 is 10.6 Å². The minimum Gasteiger partial charge on any atom is -0.324 e. The van der Waals surface area contributed by atoms with Crippen molar-refractivity contribution in [3.8, 4) is 0 Å². The second-order valence-corrected chi connectivity index (χ2v) is 6.09. The fourth-order valence-electron chi connectivity index (χ4n) is 2.21. The van der Waals surface area contributed by atoms with Crippen LogP contribution in [0.5, 0.6) is 0 Å². The summed E-state index contributed by atoms with van der Waals surface area (Å²) >= 11 is 3.46. The number of hydrogen-bond donors (Lipinski definition) is 1. The van der Waals surface area contributed by atoms with Gasteiger partial charge in [-0.25, -0.2) is 0 Å². The summed E-state index contributed by atoms with van der Waals surface area (Å²) < 4.78 is 1.12. The summed E-state index contributed by atoms with van der Waals surface area (Å²) in [7, 11) is 2.14. The monoisotopic (exact) mass is 332 g/mol. The summed E-state index contributed by atoms with van der Waals surface area (Å²) in [6.45, 7) is 1.95. The molecule has 0 radical (unpaired) electrons. The maximum absolute atomic E-state index is 6.22. The standard InChI is InChI=1S/C17H21BrN2/c1-20(13-14-7-9-16(18)10-8-14)12-11-17(19)15-5-3-2-4-6-15/h2-10,17H,11-13,19H2,1H3. The van der Waals surface area contributed by atoms with E-state index in [1.165, 1.54) is 11.1 Å². The number of benzene rings is 2. The molecular weight excluding hydrogens is 312 g/mol. The fraction of sp³-hybridized carbons (Fsp3) is 0.294. The maximum Gasteiger partial charge on any atom is 0.0307 e. The molecule has 0 aromatic heterocycles. The van der Waals surface area contributed by atoms with Gasteiger partial charge >= 0.3 is 0 Å². The van der Waals surface area contributed by atoms with Crippen molar-refractivity contribution in [3.05, 3.63) is 70.2 Å². The number of nitrogens with zero attached hydrogens (tertiary/aromatic N) is 1. The van der Waals surface area contributed by atoms with Crippen LogP contribution < -0.4 is 5.73 Å². The minimum atomic E-state index is 0.114. The van der Waals surface area contributed by atoms with Crippen molar-refractivity contribution in [2.75, 3.05) is 13.6 Å². The van der Waals surface area contributed by atoms with Gasteiger partial charge in [0.05, 0.1) is 0 Å². The van der Waals surface area contributed by atoms with E-state index in [-0.39, 0.29) is 6.04 Å². The van der Waals surface area contributed by atoms with E-state index in [4.69, 9.17) is 5.73 Å². The highest BCUT2D eigenvalue weighted by atomic mass is 79.9. The SMILES string of the molecule is CN(CCC(N)c1ccccc1)Cc1ccc(Br)cc1. The second kappa shape index (κ2) is 7.58. The molecule has 0 spiro atoms. The first-order chi connectivity index (χ1) is 9.65. The zero-order valence-corrected chi connectivity index (χ0v) is 13.4. The van der Waals surface area contributed by atoms with Crippen LogP contribution in [0.4, 0.5) is 0 Å². The minimum absolute atomic E-state index is 0.114. The molecule has 0 heterocycles. The van der Waals surface area contributed by atoms with E-state index in [9.17, 15) is 0 Å². The molecule has 0 bridgehead atoms. The highest BCUT2D eigenvalue weighted by Gasteiger charge is 2.07. The third-order valence-corrected chi connectivity index (χ3v) is 3.94. The molecule has 0 aliphatic heterocycles. The van der Waals surface area contributed by atoms with Gasteiger partial charge in [-0.2, -0.15) is 0 Å². The molecule has 1 atom stereocenters. The average Bonchev–Trinajstić information content (AvgIpc) is 2.48. The lowest BCUT2D eigenvalue weighted by molar-refractivity contribution is 0.311. The quantitative estimate of drug-likeness (QED) is 0.867. The Labute approximate surface area is 129 Å². The van der Waals surface area contributed by atoms with Gasteiger partial charge in [0.15, 0.2) is 0 Å². The molecule has 1 unspecified atom stereocenters. The lowest BCUT2D eigenvalue weighted by Gasteiger charge is -2.19. The maximum atomic E-state index is 6.22. The molecule has 0 aliphatic carbocycles. The van der Waals surface area contributed by atoms with Crippen LogP contribution in [0.3, 0.4) is 0 Å². The summed E-state index contributed by atoms with van der Waals surface area (Å²) in [6.07, 6.45) is 0.969. The first-order valence-corrected chi connectivity index (χ1v) is 7.68. The zero-order valence-electron chi connectivity index (χ0n) is 11.8. The molecule has 2 nitrogen and oxygen atoms in total. The first-order valence-electron chi connectivity index (χ1n) is 6.88. The Bertz CT molecular complexity index is 510. The van der Waals surface area contributed by atoms with Crippen molar-refractivity contribution in [2.24, 2.45) is 5.73 Å². The predicted octanol–water partition coefficient (Wildman–Crippen LogP) is 3.97.